The van der Waals surface area contributed by atoms with Gasteiger partial charge in [0.2, 0.25) is 11.8 Å². The standard InChI is InChI=1S/C21H28N2O3/c1-4-20(24)22-11-5-7-17(14-22)21(25)23-12-6-8-18(23)16-9-10-19(26-3)15(2)13-16/h4,9-10,13,17-18H,1,5-8,11-12,14H2,2-3H3. The van der Waals surface area contributed by atoms with E-state index in [1.54, 1.807) is 12.0 Å². The molecule has 0 saturated carbocycles. The lowest BCUT2D eigenvalue weighted by Crippen LogP contribution is -2.46. The van der Waals surface area contributed by atoms with E-state index in [1.165, 1.54) is 11.6 Å². The van der Waals surface area contributed by atoms with Crippen LogP contribution in [0.15, 0.2) is 30.9 Å². The summed E-state index contributed by atoms with van der Waals surface area (Å²) in [4.78, 5) is 28.9. The summed E-state index contributed by atoms with van der Waals surface area (Å²) < 4.78 is 5.35. The first kappa shape index (κ1) is 18.5. The lowest BCUT2D eigenvalue weighted by Gasteiger charge is -2.35. The van der Waals surface area contributed by atoms with Crippen LogP contribution in [0.3, 0.4) is 0 Å². The van der Waals surface area contributed by atoms with Gasteiger partial charge in [-0.3, -0.25) is 9.59 Å². The molecule has 2 heterocycles. The minimum atomic E-state index is -0.104. The Morgan fingerprint density at radius 2 is 2.00 bits per heavy atom. The molecule has 26 heavy (non-hydrogen) atoms. The van der Waals surface area contributed by atoms with Crippen LogP contribution >= 0.6 is 0 Å². The molecule has 2 aliphatic heterocycles. The molecular formula is C21H28N2O3. The van der Waals surface area contributed by atoms with Crippen LogP contribution in [0.4, 0.5) is 0 Å². The van der Waals surface area contributed by atoms with Gasteiger partial charge >= 0.3 is 0 Å². The first-order chi connectivity index (χ1) is 12.5. The van der Waals surface area contributed by atoms with Crippen molar-refractivity contribution in [3.63, 3.8) is 0 Å². The number of methoxy groups -OCH3 is 1. The third-order valence-electron chi connectivity index (χ3n) is 5.60. The van der Waals surface area contributed by atoms with Crippen LogP contribution in [0.5, 0.6) is 5.75 Å². The Morgan fingerprint density at radius 1 is 1.23 bits per heavy atom. The van der Waals surface area contributed by atoms with E-state index in [9.17, 15) is 9.59 Å². The number of ether oxygens (including phenoxy) is 1. The zero-order valence-electron chi connectivity index (χ0n) is 15.7. The topological polar surface area (TPSA) is 49.9 Å². The number of aryl methyl sites for hydroxylation is 1. The van der Waals surface area contributed by atoms with Crippen molar-refractivity contribution in [1.29, 1.82) is 0 Å². The minimum Gasteiger partial charge on any atom is -0.496 e. The highest BCUT2D eigenvalue weighted by Gasteiger charge is 2.36. The molecule has 0 aromatic heterocycles. The number of benzene rings is 1. The third-order valence-corrected chi connectivity index (χ3v) is 5.60. The molecular weight excluding hydrogens is 328 g/mol. The van der Waals surface area contributed by atoms with Crippen molar-refractivity contribution in [1.82, 2.24) is 9.80 Å². The smallest absolute Gasteiger partial charge is 0.245 e. The van der Waals surface area contributed by atoms with Crippen molar-refractivity contribution in [2.45, 2.75) is 38.6 Å². The van der Waals surface area contributed by atoms with E-state index in [0.717, 1.165) is 50.1 Å². The zero-order chi connectivity index (χ0) is 18.7. The molecule has 2 fully saturated rings. The maximum atomic E-state index is 13.2. The van der Waals surface area contributed by atoms with Crippen LogP contribution in [-0.2, 0) is 9.59 Å². The van der Waals surface area contributed by atoms with E-state index in [0.29, 0.717) is 6.54 Å². The fourth-order valence-corrected chi connectivity index (χ4v) is 4.23. The van der Waals surface area contributed by atoms with E-state index >= 15 is 0 Å². The zero-order valence-corrected chi connectivity index (χ0v) is 15.7. The minimum absolute atomic E-state index is 0.0775. The maximum Gasteiger partial charge on any atom is 0.245 e. The van der Waals surface area contributed by atoms with Crippen LogP contribution < -0.4 is 4.74 Å². The second-order valence-electron chi connectivity index (χ2n) is 7.25. The van der Waals surface area contributed by atoms with Crippen molar-refractivity contribution in [3.05, 3.63) is 42.0 Å². The third kappa shape index (κ3) is 3.62. The molecule has 2 saturated heterocycles. The predicted octanol–water partition coefficient (Wildman–Crippen LogP) is 3.09. The predicted molar refractivity (Wildman–Crippen MR) is 101 cm³/mol. The van der Waals surface area contributed by atoms with Crippen molar-refractivity contribution in [2.75, 3.05) is 26.7 Å². The van der Waals surface area contributed by atoms with E-state index in [2.05, 4.69) is 18.7 Å². The highest BCUT2D eigenvalue weighted by atomic mass is 16.5. The second kappa shape index (κ2) is 7.94. The van der Waals surface area contributed by atoms with Gasteiger partial charge in [-0.15, -0.1) is 0 Å². The average molecular weight is 356 g/mol. The molecule has 0 radical (unpaired) electrons. The van der Waals surface area contributed by atoms with Gasteiger partial charge in [-0.2, -0.15) is 0 Å². The highest BCUT2D eigenvalue weighted by Crippen LogP contribution is 2.36. The van der Waals surface area contributed by atoms with E-state index in [1.807, 2.05) is 17.9 Å². The Morgan fingerprint density at radius 3 is 2.69 bits per heavy atom. The van der Waals surface area contributed by atoms with Gasteiger partial charge in [-0.1, -0.05) is 18.7 Å². The Bertz CT molecular complexity index is 700. The summed E-state index contributed by atoms with van der Waals surface area (Å²) in [6.07, 6.45) is 5.06. The molecule has 1 aromatic carbocycles. The SMILES string of the molecule is C=CC(=O)N1CCCC(C(=O)N2CCCC2c2ccc(OC)c(C)c2)C1. The van der Waals surface area contributed by atoms with E-state index in [4.69, 9.17) is 4.74 Å². The fourth-order valence-electron chi connectivity index (χ4n) is 4.23. The molecule has 0 bridgehead atoms. The van der Waals surface area contributed by atoms with Gasteiger partial charge in [0.05, 0.1) is 19.1 Å². The molecule has 0 N–H and O–H groups in total. The Hall–Kier alpha value is -2.30. The molecule has 2 amide bonds. The molecule has 5 nitrogen and oxygen atoms in total. The Balaban J connectivity index is 1.75. The molecule has 140 valence electrons. The Kier molecular flexibility index (Phi) is 5.64. The number of hydrogen-bond donors (Lipinski definition) is 0. The van der Waals surface area contributed by atoms with Crippen LogP contribution in [-0.4, -0.2) is 48.4 Å². The summed E-state index contributed by atoms with van der Waals surface area (Å²) in [5.41, 5.74) is 2.26. The summed E-state index contributed by atoms with van der Waals surface area (Å²) in [7, 11) is 1.67. The largest absolute Gasteiger partial charge is 0.496 e. The summed E-state index contributed by atoms with van der Waals surface area (Å²) in [6.45, 7) is 7.61. The summed E-state index contributed by atoms with van der Waals surface area (Å²) >= 11 is 0. The van der Waals surface area contributed by atoms with Crippen LogP contribution in [0.2, 0.25) is 0 Å². The summed E-state index contributed by atoms with van der Waals surface area (Å²) in [6, 6.07) is 6.30. The molecule has 2 atom stereocenters. The van der Waals surface area contributed by atoms with Crippen LogP contribution in [0.1, 0.15) is 42.9 Å². The molecule has 0 spiro atoms. The van der Waals surface area contributed by atoms with Crippen molar-refractivity contribution in [2.24, 2.45) is 5.92 Å². The van der Waals surface area contributed by atoms with E-state index in [-0.39, 0.29) is 23.8 Å². The van der Waals surface area contributed by atoms with Crippen molar-refractivity contribution >= 4 is 11.8 Å². The lowest BCUT2D eigenvalue weighted by atomic mass is 9.95. The number of nitrogens with zero attached hydrogens (tertiary/aromatic N) is 2. The number of likely N-dealkylation sites (tertiary alicyclic amines) is 2. The number of amides is 2. The van der Waals surface area contributed by atoms with Crippen molar-refractivity contribution < 1.29 is 14.3 Å². The number of carbonyl (C=O) groups is 2. The van der Waals surface area contributed by atoms with Crippen molar-refractivity contribution in [3.8, 4) is 5.75 Å². The van der Waals surface area contributed by atoms with Crippen LogP contribution in [0, 0.1) is 12.8 Å². The molecule has 2 unspecified atom stereocenters. The number of rotatable bonds is 4. The van der Waals surface area contributed by atoms with Crippen LogP contribution in [0.25, 0.3) is 0 Å². The van der Waals surface area contributed by atoms with Gasteiger partial charge in [0, 0.05) is 19.6 Å². The van der Waals surface area contributed by atoms with Gasteiger partial charge in [-0.25, -0.2) is 0 Å². The maximum absolute atomic E-state index is 13.2. The number of hydrogen-bond acceptors (Lipinski definition) is 3. The monoisotopic (exact) mass is 356 g/mol. The highest BCUT2D eigenvalue weighted by molar-refractivity contribution is 5.88. The van der Waals surface area contributed by atoms with E-state index < -0.39 is 0 Å². The Labute approximate surface area is 155 Å². The molecule has 2 aliphatic rings. The quantitative estimate of drug-likeness (QED) is 0.779. The van der Waals surface area contributed by atoms with Gasteiger partial charge in [0.25, 0.3) is 0 Å². The second-order valence-corrected chi connectivity index (χ2v) is 7.25. The molecule has 3 rings (SSSR count). The first-order valence-corrected chi connectivity index (χ1v) is 9.41. The number of carbonyl (C=O) groups excluding carboxylic acids is 2. The average Bonchev–Trinajstić information content (AvgIpc) is 3.16. The van der Waals surface area contributed by atoms with Gasteiger partial charge < -0.3 is 14.5 Å². The molecule has 0 aliphatic carbocycles. The summed E-state index contributed by atoms with van der Waals surface area (Å²) in [5.74, 6) is 0.872. The fraction of sp³-hybridized carbons (Fsp3) is 0.524. The van der Waals surface area contributed by atoms with Gasteiger partial charge in [0.15, 0.2) is 0 Å². The summed E-state index contributed by atoms with van der Waals surface area (Å²) in [5, 5.41) is 0. The van der Waals surface area contributed by atoms with Gasteiger partial charge in [-0.05, 0) is 55.9 Å². The molecule has 5 heteroatoms. The normalized spacial score (nSPS) is 23.0. The number of piperidine rings is 1. The molecule has 1 aromatic rings. The first-order valence-electron chi connectivity index (χ1n) is 9.41. The lowest BCUT2D eigenvalue weighted by molar-refractivity contribution is -0.140. The van der Waals surface area contributed by atoms with Gasteiger partial charge in [0.1, 0.15) is 5.75 Å².